The minimum absolute atomic E-state index is 0.0582. The molecule has 0 unspecified atom stereocenters. The van der Waals surface area contributed by atoms with Gasteiger partial charge in [0.05, 0.1) is 0 Å². The van der Waals surface area contributed by atoms with Crippen molar-refractivity contribution in [2.24, 2.45) is 0 Å². The zero-order valence-corrected chi connectivity index (χ0v) is 9.52. The van der Waals surface area contributed by atoms with E-state index in [4.69, 9.17) is 0 Å². The van der Waals surface area contributed by atoms with Gasteiger partial charge in [0.25, 0.3) is 0 Å². The molecule has 0 saturated carbocycles. The topological polar surface area (TPSA) is 12.9 Å². The summed E-state index contributed by atoms with van der Waals surface area (Å²) in [6, 6.07) is 3.20. The molecule has 8 heteroatoms. The molecule has 0 fully saturated rings. The van der Waals surface area contributed by atoms with E-state index in [2.05, 4.69) is 4.98 Å². The van der Waals surface area contributed by atoms with Crippen LogP contribution in [0.4, 0.5) is 26.3 Å². The van der Waals surface area contributed by atoms with Gasteiger partial charge in [0, 0.05) is 0 Å². The first-order valence-corrected chi connectivity index (χ1v) is 5.15. The number of alkyl halides is 6. The fourth-order valence-corrected chi connectivity index (χ4v) is 1.72. The van der Waals surface area contributed by atoms with E-state index in [1.54, 1.807) is 0 Å². The Bertz CT molecular complexity index is 631. The fraction of sp³-hybridized carbons (Fsp3) is 0.182. The molecular weight excluding hydrogens is 267 g/mol. The summed E-state index contributed by atoms with van der Waals surface area (Å²) in [5.74, 6) is 0. The van der Waals surface area contributed by atoms with Crippen LogP contribution >= 0.6 is 0 Å². The summed E-state index contributed by atoms with van der Waals surface area (Å²) in [6.45, 7) is 0. The zero-order valence-electron chi connectivity index (χ0n) is 9.52. The molecule has 1 heterocycles. The van der Waals surface area contributed by atoms with Crippen molar-refractivity contribution in [3.63, 3.8) is 0 Å². The Balaban J connectivity index is 2.67. The molecule has 0 N–H and O–H groups in total. The van der Waals surface area contributed by atoms with Crippen LogP contribution in [0.15, 0.2) is 24.3 Å². The second-order valence-electron chi connectivity index (χ2n) is 4.05. The molecule has 1 nitrogen and oxygen atoms in total. The Morgan fingerprint density at radius 3 is 2.05 bits per heavy atom. The third kappa shape index (κ3) is 2.87. The van der Waals surface area contributed by atoms with Crippen molar-refractivity contribution in [3.05, 3.63) is 35.5 Å². The Morgan fingerprint density at radius 2 is 1.53 bits per heavy atom. The number of nitrogens with zero attached hydrogens (tertiary/aromatic N) is 1. The van der Waals surface area contributed by atoms with Crippen LogP contribution < -0.4 is 4.24 Å². The second kappa shape index (κ2) is 4.42. The minimum atomic E-state index is -4.62. The summed E-state index contributed by atoms with van der Waals surface area (Å²) in [5.41, 5.74) is -2.14. The summed E-state index contributed by atoms with van der Waals surface area (Å²) in [4.78, 5) is 3.34. The quantitative estimate of drug-likeness (QED) is 0.530. The molecule has 2 rings (SSSR count). The maximum atomic E-state index is 12.5. The number of hydrogen-bond donors (Lipinski definition) is 0. The SMILES string of the molecule is [Li][c]1cc(C(F)(F)F)nc2ccc(C(F)(F)F)cc12. The molecule has 0 radical (unpaired) electrons. The normalized spacial score (nSPS) is 13.1. The van der Waals surface area contributed by atoms with Crippen LogP contribution in [0.3, 0.4) is 0 Å². The van der Waals surface area contributed by atoms with Crippen molar-refractivity contribution in [1.29, 1.82) is 0 Å². The van der Waals surface area contributed by atoms with E-state index in [0.717, 1.165) is 24.3 Å². The standard InChI is InChI=1S/C11H4F6N.Li/c12-10(13,14)7-2-3-8-6(5-7)1-4-9(18-8)11(15,16)17;/h2-5H;. The van der Waals surface area contributed by atoms with Gasteiger partial charge in [0.1, 0.15) is 0 Å². The fourth-order valence-electron chi connectivity index (χ4n) is 1.72. The average molecular weight is 271 g/mol. The molecule has 0 saturated heterocycles. The Labute approximate surface area is 112 Å². The predicted octanol–water partition coefficient (Wildman–Crippen LogP) is 3.07. The molecule has 0 bridgehead atoms. The van der Waals surface area contributed by atoms with Crippen LogP contribution in [0.1, 0.15) is 11.3 Å². The van der Waals surface area contributed by atoms with Gasteiger partial charge < -0.3 is 0 Å². The van der Waals surface area contributed by atoms with Gasteiger partial charge in [-0.2, -0.15) is 0 Å². The van der Waals surface area contributed by atoms with Crippen molar-refractivity contribution in [3.8, 4) is 0 Å². The summed E-state index contributed by atoms with van der Waals surface area (Å²) in [5, 5.41) is 0.0582. The van der Waals surface area contributed by atoms with Crippen molar-refractivity contribution >= 4 is 32.9 Å². The van der Waals surface area contributed by atoms with Gasteiger partial charge in [-0.15, -0.1) is 0 Å². The van der Waals surface area contributed by atoms with E-state index in [1.165, 1.54) is 17.7 Å². The van der Waals surface area contributed by atoms with Gasteiger partial charge in [-0.3, -0.25) is 0 Å². The van der Waals surface area contributed by atoms with Crippen molar-refractivity contribution in [1.82, 2.24) is 4.98 Å². The van der Waals surface area contributed by atoms with E-state index in [0.29, 0.717) is 0 Å². The van der Waals surface area contributed by atoms with Gasteiger partial charge in [-0.05, 0) is 0 Å². The molecule has 0 amide bonds. The van der Waals surface area contributed by atoms with Crippen LogP contribution in [0.25, 0.3) is 10.9 Å². The first-order chi connectivity index (χ1) is 8.59. The summed E-state index contributed by atoms with van der Waals surface area (Å²) >= 11 is 1.32. The van der Waals surface area contributed by atoms with Crippen molar-refractivity contribution < 1.29 is 26.3 Å². The first kappa shape index (κ1) is 14.2. The molecule has 0 aliphatic carbocycles. The zero-order chi connectivity index (χ0) is 14.4. The Kier molecular flexibility index (Phi) is 3.31. The van der Waals surface area contributed by atoms with E-state index in [1.807, 2.05) is 0 Å². The van der Waals surface area contributed by atoms with Crippen LogP contribution in [0, 0.1) is 0 Å². The molecule has 96 valence electrons. The molecule has 0 aliphatic heterocycles. The molecule has 0 spiro atoms. The van der Waals surface area contributed by atoms with Crippen LogP contribution in [-0.2, 0) is 12.4 Å². The number of halogens is 6. The molecule has 1 aromatic carbocycles. The number of aromatic nitrogens is 1. The van der Waals surface area contributed by atoms with E-state index in [-0.39, 0.29) is 15.1 Å². The number of benzene rings is 1. The molecule has 0 aliphatic rings. The van der Waals surface area contributed by atoms with Crippen LogP contribution in [0.2, 0.25) is 0 Å². The second-order valence-corrected chi connectivity index (χ2v) is 4.05. The van der Waals surface area contributed by atoms with E-state index in [9.17, 15) is 26.3 Å². The summed E-state index contributed by atoms with van der Waals surface area (Å²) in [7, 11) is 0. The van der Waals surface area contributed by atoms with Gasteiger partial charge >= 0.3 is 112 Å². The maximum absolute atomic E-state index is 12.5. The number of fused-ring (bicyclic) bond motifs is 1. The number of rotatable bonds is 0. The third-order valence-electron chi connectivity index (χ3n) is 2.63. The average Bonchev–Trinajstić information content (AvgIpc) is 2.26. The van der Waals surface area contributed by atoms with Gasteiger partial charge in [0.2, 0.25) is 0 Å². The van der Waals surface area contributed by atoms with Gasteiger partial charge in [-0.25, -0.2) is 0 Å². The van der Waals surface area contributed by atoms with E-state index >= 15 is 0 Å². The Morgan fingerprint density at radius 1 is 0.895 bits per heavy atom. The molecule has 2 aromatic rings. The first-order valence-electron chi connectivity index (χ1n) is 5.15. The van der Waals surface area contributed by atoms with Gasteiger partial charge in [-0.1, -0.05) is 0 Å². The predicted molar refractivity (Wildman–Crippen MR) is 57.1 cm³/mol. The molecule has 19 heavy (non-hydrogen) atoms. The summed E-state index contributed by atoms with van der Waals surface area (Å²) in [6.07, 6.45) is -9.16. The third-order valence-corrected chi connectivity index (χ3v) is 2.63. The molecular formula is C11H4F6LiN. The van der Waals surface area contributed by atoms with Gasteiger partial charge in [0.15, 0.2) is 0 Å². The van der Waals surface area contributed by atoms with Crippen molar-refractivity contribution in [2.75, 3.05) is 0 Å². The number of pyridine rings is 1. The van der Waals surface area contributed by atoms with Crippen LogP contribution in [0.5, 0.6) is 0 Å². The van der Waals surface area contributed by atoms with Crippen molar-refractivity contribution in [2.45, 2.75) is 12.4 Å². The summed E-state index contributed by atoms with van der Waals surface area (Å²) < 4.78 is 75.2. The van der Waals surface area contributed by atoms with Crippen LogP contribution in [-0.4, -0.2) is 22.7 Å². The monoisotopic (exact) mass is 271 g/mol. The molecule has 0 atom stereocenters. The molecule has 1 aromatic heterocycles. The Hall–Kier alpha value is -1.19. The van der Waals surface area contributed by atoms with E-state index < -0.39 is 23.6 Å². The number of hydrogen-bond acceptors (Lipinski definition) is 1.